The van der Waals surface area contributed by atoms with Crippen molar-refractivity contribution in [1.82, 2.24) is 0 Å². The van der Waals surface area contributed by atoms with E-state index in [-0.39, 0.29) is 29.3 Å². The lowest BCUT2D eigenvalue weighted by Gasteiger charge is -2.02. The molecule has 1 aromatic rings. The number of carbonyl (C=O) groups is 2. The fraction of sp³-hybridized carbons (Fsp3) is 0.200. The van der Waals surface area contributed by atoms with Gasteiger partial charge in [-0.1, -0.05) is 6.07 Å². The molecule has 0 amide bonds. The summed E-state index contributed by atoms with van der Waals surface area (Å²) >= 11 is 0. The Morgan fingerprint density at radius 3 is 2.38 bits per heavy atom. The molecule has 3 nitrogen and oxygen atoms in total. The third-order valence-corrected chi connectivity index (χ3v) is 2.27. The average molecular weight is 176 g/mol. The van der Waals surface area contributed by atoms with E-state index in [4.69, 9.17) is 0 Å². The van der Waals surface area contributed by atoms with Crippen molar-refractivity contribution in [3.05, 3.63) is 28.8 Å². The first kappa shape index (κ1) is 7.98. The van der Waals surface area contributed by atoms with E-state index in [1.807, 2.05) is 0 Å². The Morgan fingerprint density at radius 2 is 1.77 bits per heavy atom. The maximum Gasteiger partial charge on any atom is 0.175 e. The van der Waals surface area contributed by atoms with Gasteiger partial charge in [0.1, 0.15) is 5.75 Å². The smallest absolute Gasteiger partial charge is 0.175 e. The second kappa shape index (κ2) is 2.42. The van der Waals surface area contributed by atoms with Crippen LogP contribution in [0, 0.1) is 6.92 Å². The van der Waals surface area contributed by atoms with Gasteiger partial charge in [0.2, 0.25) is 0 Å². The summed E-state index contributed by atoms with van der Waals surface area (Å²) in [5.41, 5.74) is 1.35. The zero-order chi connectivity index (χ0) is 9.59. The first-order chi connectivity index (χ1) is 6.11. The molecule has 1 aliphatic rings. The molecule has 0 spiro atoms. The van der Waals surface area contributed by atoms with E-state index in [0.717, 1.165) is 5.56 Å². The van der Waals surface area contributed by atoms with Crippen molar-refractivity contribution < 1.29 is 14.7 Å². The van der Waals surface area contributed by atoms with Crippen LogP contribution in [0.3, 0.4) is 0 Å². The number of aryl methyl sites for hydroxylation is 1. The van der Waals surface area contributed by atoms with Crippen molar-refractivity contribution in [3.63, 3.8) is 0 Å². The van der Waals surface area contributed by atoms with Crippen LogP contribution in [0.15, 0.2) is 12.1 Å². The molecule has 13 heavy (non-hydrogen) atoms. The van der Waals surface area contributed by atoms with Crippen LogP contribution in [0.25, 0.3) is 0 Å². The molecule has 1 N–H and O–H groups in total. The summed E-state index contributed by atoms with van der Waals surface area (Å²) in [4.78, 5) is 22.6. The van der Waals surface area contributed by atoms with E-state index in [1.165, 1.54) is 6.07 Å². The lowest BCUT2D eigenvalue weighted by molar-refractivity contribution is 0.0922. The maximum absolute atomic E-state index is 11.3. The summed E-state index contributed by atoms with van der Waals surface area (Å²) in [5.74, 6) is -0.550. The lowest BCUT2D eigenvalue weighted by atomic mass is 10.0. The van der Waals surface area contributed by atoms with E-state index in [9.17, 15) is 14.7 Å². The van der Waals surface area contributed by atoms with Gasteiger partial charge < -0.3 is 5.11 Å². The number of phenolic OH excluding ortho intramolecular Hbond substituents is 1. The second-order valence-corrected chi connectivity index (χ2v) is 3.17. The Labute approximate surface area is 75.0 Å². The molecule has 0 heterocycles. The van der Waals surface area contributed by atoms with Gasteiger partial charge >= 0.3 is 0 Å². The first-order valence-electron chi connectivity index (χ1n) is 4.00. The number of aromatic hydroxyl groups is 1. The summed E-state index contributed by atoms with van der Waals surface area (Å²) in [7, 11) is 0. The van der Waals surface area contributed by atoms with Crippen LogP contribution in [0.1, 0.15) is 32.7 Å². The highest BCUT2D eigenvalue weighted by Crippen LogP contribution is 2.31. The topological polar surface area (TPSA) is 54.4 Å². The molecule has 3 heteroatoms. The number of fused-ring (bicyclic) bond motifs is 1. The third kappa shape index (κ3) is 0.967. The summed E-state index contributed by atoms with van der Waals surface area (Å²) in [6.45, 7) is 1.76. The molecular formula is C10H8O3. The van der Waals surface area contributed by atoms with Crippen LogP contribution in [0.5, 0.6) is 5.75 Å². The number of hydrogen-bond acceptors (Lipinski definition) is 3. The normalized spacial score (nSPS) is 14.8. The molecule has 0 fully saturated rings. The zero-order valence-electron chi connectivity index (χ0n) is 7.13. The Bertz CT molecular complexity index is 379. The van der Waals surface area contributed by atoms with Gasteiger partial charge in [-0.3, -0.25) is 9.59 Å². The molecule has 0 radical (unpaired) electrons. The zero-order valence-corrected chi connectivity index (χ0v) is 7.13. The van der Waals surface area contributed by atoms with Crippen molar-refractivity contribution in [2.24, 2.45) is 0 Å². The predicted molar refractivity (Wildman–Crippen MR) is 46.1 cm³/mol. The van der Waals surface area contributed by atoms with Crippen LogP contribution in [0.2, 0.25) is 0 Å². The van der Waals surface area contributed by atoms with Gasteiger partial charge in [0.25, 0.3) is 0 Å². The van der Waals surface area contributed by atoms with Crippen molar-refractivity contribution in [2.75, 3.05) is 0 Å². The van der Waals surface area contributed by atoms with Crippen molar-refractivity contribution in [3.8, 4) is 5.75 Å². The Morgan fingerprint density at radius 1 is 1.15 bits per heavy atom. The third-order valence-electron chi connectivity index (χ3n) is 2.27. The molecule has 0 bridgehead atoms. The molecular weight excluding hydrogens is 168 g/mol. The first-order valence-corrected chi connectivity index (χ1v) is 4.00. The molecule has 0 saturated heterocycles. The Kier molecular flexibility index (Phi) is 1.49. The molecule has 0 unspecified atom stereocenters. The standard InChI is InChI=1S/C10H8O3/c1-5-2-3-6(11)10-8(13)4-7(12)9(5)10/h2-3,11H,4H2,1H3. The Balaban J connectivity index is 2.81. The Hall–Kier alpha value is -1.64. The number of phenols is 1. The number of Topliss-reactive ketones (excluding diaryl/α,β-unsaturated/α-hetero) is 2. The molecule has 1 aliphatic carbocycles. The van der Waals surface area contributed by atoms with Crippen molar-refractivity contribution >= 4 is 11.6 Å². The summed E-state index contributed by atoms with van der Waals surface area (Å²) < 4.78 is 0. The van der Waals surface area contributed by atoms with Crippen LogP contribution < -0.4 is 0 Å². The minimum Gasteiger partial charge on any atom is -0.507 e. The fourth-order valence-electron chi connectivity index (χ4n) is 1.66. The molecule has 1 aromatic carbocycles. The highest BCUT2D eigenvalue weighted by Gasteiger charge is 2.31. The summed E-state index contributed by atoms with van der Waals surface area (Å²) in [5, 5.41) is 9.37. The van der Waals surface area contributed by atoms with Crippen LogP contribution in [-0.4, -0.2) is 16.7 Å². The number of benzene rings is 1. The van der Waals surface area contributed by atoms with Gasteiger partial charge in [0.05, 0.1) is 12.0 Å². The van der Waals surface area contributed by atoms with E-state index >= 15 is 0 Å². The van der Waals surface area contributed by atoms with E-state index in [2.05, 4.69) is 0 Å². The summed E-state index contributed by atoms with van der Waals surface area (Å²) in [6, 6.07) is 3.09. The SMILES string of the molecule is Cc1ccc(O)c2c1C(=O)CC2=O. The largest absolute Gasteiger partial charge is 0.507 e. The number of rotatable bonds is 0. The molecule has 66 valence electrons. The minimum absolute atomic E-state index is 0.0866. The number of carbonyl (C=O) groups excluding carboxylic acids is 2. The number of hydrogen-bond donors (Lipinski definition) is 1. The van der Waals surface area contributed by atoms with Gasteiger partial charge in [-0.25, -0.2) is 0 Å². The molecule has 0 aromatic heterocycles. The maximum atomic E-state index is 11.3. The van der Waals surface area contributed by atoms with E-state index < -0.39 is 0 Å². The second-order valence-electron chi connectivity index (χ2n) is 3.17. The van der Waals surface area contributed by atoms with Crippen LogP contribution in [-0.2, 0) is 0 Å². The lowest BCUT2D eigenvalue weighted by Crippen LogP contribution is -1.94. The summed E-state index contributed by atoms with van der Waals surface area (Å²) in [6.07, 6.45) is -0.103. The quantitative estimate of drug-likeness (QED) is 0.609. The van der Waals surface area contributed by atoms with Gasteiger partial charge in [-0.2, -0.15) is 0 Å². The highest BCUT2D eigenvalue weighted by molar-refractivity contribution is 6.25. The monoisotopic (exact) mass is 176 g/mol. The van der Waals surface area contributed by atoms with Crippen molar-refractivity contribution in [1.29, 1.82) is 0 Å². The van der Waals surface area contributed by atoms with E-state index in [1.54, 1.807) is 13.0 Å². The number of ketones is 2. The van der Waals surface area contributed by atoms with Gasteiger partial charge in [0, 0.05) is 5.56 Å². The fourth-order valence-corrected chi connectivity index (χ4v) is 1.66. The minimum atomic E-state index is -0.277. The van der Waals surface area contributed by atoms with Gasteiger partial charge in [-0.05, 0) is 18.6 Å². The molecule has 0 saturated carbocycles. The average Bonchev–Trinajstić information content (AvgIpc) is 2.36. The van der Waals surface area contributed by atoms with E-state index in [0.29, 0.717) is 5.56 Å². The van der Waals surface area contributed by atoms with Crippen LogP contribution >= 0.6 is 0 Å². The molecule has 0 aliphatic heterocycles. The predicted octanol–water partition coefficient (Wildman–Crippen LogP) is 1.47. The highest BCUT2D eigenvalue weighted by atomic mass is 16.3. The van der Waals surface area contributed by atoms with Gasteiger partial charge in [0.15, 0.2) is 11.6 Å². The molecule has 2 rings (SSSR count). The van der Waals surface area contributed by atoms with Gasteiger partial charge in [-0.15, -0.1) is 0 Å². The van der Waals surface area contributed by atoms with Crippen molar-refractivity contribution in [2.45, 2.75) is 13.3 Å². The molecule has 0 atom stereocenters. The van der Waals surface area contributed by atoms with Crippen LogP contribution in [0.4, 0.5) is 0 Å².